The summed E-state index contributed by atoms with van der Waals surface area (Å²) in [6.07, 6.45) is 1.58. The molecule has 0 bridgehead atoms. The second-order valence-electron chi connectivity index (χ2n) is 3.69. The molecule has 1 aliphatic rings. The quantitative estimate of drug-likeness (QED) is 0.634. The number of halogens is 1. The van der Waals surface area contributed by atoms with Gasteiger partial charge < -0.3 is 10.1 Å². The lowest BCUT2D eigenvalue weighted by Crippen LogP contribution is -2.09. The van der Waals surface area contributed by atoms with Crippen LogP contribution in [0.15, 0.2) is 36.2 Å². The Bertz CT molecular complexity index is 425. The highest BCUT2D eigenvalue weighted by Gasteiger charge is 2.16. The second-order valence-corrected chi connectivity index (χ2v) is 4.13. The molecule has 16 heavy (non-hydrogen) atoms. The molecule has 1 atom stereocenters. The van der Waals surface area contributed by atoms with Gasteiger partial charge in [-0.1, -0.05) is 11.6 Å². The summed E-state index contributed by atoms with van der Waals surface area (Å²) in [5.41, 5.74) is 0.599. The largest absolute Gasteiger partial charge is 0.474 e. The molecule has 0 spiro atoms. The van der Waals surface area contributed by atoms with Crippen LogP contribution in [0.25, 0.3) is 0 Å². The highest BCUT2D eigenvalue weighted by atomic mass is 35.5. The maximum Gasteiger partial charge on any atom is 0.191 e. The van der Waals surface area contributed by atoms with E-state index in [1.165, 1.54) is 6.08 Å². The van der Waals surface area contributed by atoms with E-state index < -0.39 is 0 Å². The van der Waals surface area contributed by atoms with Crippen molar-refractivity contribution in [3.8, 4) is 0 Å². The predicted molar refractivity (Wildman–Crippen MR) is 62.4 cm³/mol. The van der Waals surface area contributed by atoms with Crippen molar-refractivity contribution in [2.24, 2.45) is 0 Å². The number of ether oxygens (including phenoxy) is 1. The van der Waals surface area contributed by atoms with Gasteiger partial charge in [-0.3, -0.25) is 4.79 Å². The van der Waals surface area contributed by atoms with Crippen molar-refractivity contribution in [3.63, 3.8) is 0 Å². The van der Waals surface area contributed by atoms with E-state index in [9.17, 15) is 4.79 Å². The Morgan fingerprint density at radius 3 is 2.75 bits per heavy atom. The zero-order chi connectivity index (χ0) is 11.5. The van der Waals surface area contributed by atoms with Crippen LogP contribution in [0.2, 0.25) is 5.02 Å². The molecule has 0 saturated carbocycles. The number of allylic oxidation sites excluding steroid dienone is 1. The van der Waals surface area contributed by atoms with Crippen LogP contribution in [-0.2, 0) is 4.74 Å². The average molecular weight is 238 g/mol. The van der Waals surface area contributed by atoms with Crippen molar-refractivity contribution >= 4 is 17.4 Å². The minimum Gasteiger partial charge on any atom is -0.474 e. The first kappa shape index (κ1) is 11.0. The third-order valence-corrected chi connectivity index (χ3v) is 2.53. The van der Waals surface area contributed by atoms with Gasteiger partial charge in [-0.25, -0.2) is 0 Å². The molecule has 3 nitrogen and oxygen atoms in total. The third-order valence-electron chi connectivity index (χ3n) is 2.28. The second kappa shape index (κ2) is 4.58. The molecule has 1 fully saturated rings. The molecule has 2 rings (SSSR count). The predicted octanol–water partition coefficient (Wildman–Crippen LogP) is 2.37. The summed E-state index contributed by atoms with van der Waals surface area (Å²) < 4.78 is 5.38. The van der Waals surface area contributed by atoms with Gasteiger partial charge in [-0.15, -0.1) is 0 Å². The fraction of sp³-hybridized carbons (Fsp3) is 0.250. The van der Waals surface area contributed by atoms with E-state index in [0.717, 1.165) is 6.54 Å². The smallest absolute Gasteiger partial charge is 0.191 e. The monoisotopic (exact) mass is 237 g/mol. The Morgan fingerprint density at radius 2 is 2.19 bits per heavy atom. The van der Waals surface area contributed by atoms with Crippen LogP contribution in [0.3, 0.4) is 0 Å². The molecular formula is C12H12ClNO2. The molecule has 1 aliphatic heterocycles. The summed E-state index contributed by atoms with van der Waals surface area (Å²) in [6.45, 7) is 2.68. The number of nitrogens with one attached hydrogen (secondary N) is 1. The molecule has 0 aliphatic carbocycles. The fourth-order valence-electron chi connectivity index (χ4n) is 1.45. The molecule has 1 aromatic rings. The van der Waals surface area contributed by atoms with Gasteiger partial charge in [0.2, 0.25) is 0 Å². The minimum absolute atomic E-state index is 0.0896. The highest BCUT2D eigenvalue weighted by molar-refractivity contribution is 6.30. The SMILES string of the molecule is CC1CN/C(=C\C(=O)c2ccc(Cl)cc2)O1. The number of carbonyl (C=O) groups excluding carboxylic acids is 1. The van der Waals surface area contributed by atoms with Gasteiger partial charge in [0.15, 0.2) is 11.7 Å². The maximum absolute atomic E-state index is 11.8. The molecule has 1 unspecified atom stereocenters. The Balaban J connectivity index is 2.11. The Labute approximate surface area is 99.1 Å². The lowest BCUT2D eigenvalue weighted by atomic mass is 10.1. The van der Waals surface area contributed by atoms with Gasteiger partial charge in [0, 0.05) is 16.7 Å². The lowest BCUT2D eigenvalue weighted by Gasteiger charge is -2.01. The number of carbonyl (C=O) groups is 1. The normalized spacial score (nSPS) is 21.6. The third kappa shape index (κ3) is 2.55. The van der Waals surface area contributed by atoms with Crippen molar-refractivity contribution in [1.29, 1.82) is 0 Å². The molecule has 0 aromatic heterocycles. The number of rotatable bonds is 2. The van der Waals surface area contributed by atoms with Crippen LogP contribution < -0.4 is 5.32 Å². The van der Waals surface area contributed by atoms with Crippen molar-refractivity contribution in [2.45, 2.75) is 13.0 Å². The average Bonchev–Trinajstić information content (AvgIpc) is 2.65. The zero-order valence-corrected chi connectivity index (χ0v) is 9.62. The van der Waals surface area contributed by atoms with E-state index in [4.69, 9.17) is 16.3 Å². The first-order valence-corrected chi connectivity index (χ1v) is 5.45. The lowest BCUT2D eigenvalue weighted by molar-refractivity contribution is 0.103. The molecule has 4 heteroatoms. The van der Waals surface area contributed by atoms with E-state index in [1.54, 1.807) is 24.3 Å². The summed E-state index contributed by atoms with van der Waals surface area (Å²) in [5.74, 6) is 0.445. The van der Waals surface area contributed by atoms with E-state index in [-0.39, 0.29) is 11.9 Å². The fourth-order valence-corrected chi connectivity index (χ4v) is 1.57. The molecule has 1 N–H and O–H groups in total. The molecule has 0 amide bonds. The molecule has 84 valence electrons. The molecular weight excluding hydrogens is 226 g/mol. The van der Waals surface area contributed by atoms with Crippen molar-refractivity contribution in [3.05, 3.63) is 46.8 Å². The van der Waals surface area contributed by atoms with Crippen molar-refractivity contribution < 1.29 is 9.53 Å². The van der Waals surface area contributed by atoms with E-state index in [1.807, 2.05) is 6.92 Å². The Morgan fingerprint density at radius 1 is 1.50 bits per heavy atom. The van der Waals surface area contributed by atoms with Gasteiger partial charge in [-0.05, 0) is 31.2 Å². The number of benzene rings is 1. The molecule has 1 heterocycles. The van der Waals surface area contributed by atoms with E-state index in [2.05, 4.69) is 5.32 Å². The maximum atomic E-state index is 11.8. The summed E-state index contributed by atoms with van der Waals surface area (Å²) in [7, 11) is 0. The molecule has 1 saturated heterocycles. The minimum atomic E-state index is -0.0896. The van der Waals surface area contributed by atoms with Crippen LogP contribution in [0.4, 0.5) is 0 Å². The van der Waals surface area contributed by atoms with Crippen LogP contribution in [0, 0.1) is 0 Å². The van der Waals surface area contributed by atoms with Gasteiger partial charge in [0.1, 0.15) is 6.10 Å². The Kier molecular flexibility index (Phi) is 3.15. The van der Waals surface area contributed by atoms with Gasteiger partial charge in [0.25, 0.3) is 0 Å². The van der Waals surface area contributed by atoms with Gasteiger partial charge >= 0.3 is 0 Å². The van der Waals surface area contributed by atoms with Gasteiger partial charge in [0.05, 0.1) is 6.54 Å². The van der Waals surface area contributed by atoms with Crippen LogP contribution in [0.1, 0.15) is 17.3 Å². The standard InChI is InChI=1S/C12H12ClNO2/c1-8-7-14-12(16-8)6-11(15)9-2-4-10(13)5-3-9/h2-6,8,14H,7H2,1H3/b12-6+. The summed E-state index contributed by atoms with van der Waals surface area (Å²) in [6, 6.07) is 6.78. The van der Waals surface area contributed by atoms with Crippen LogP contribution in [-0.4, -0.2) is 18.4 Å². The topological polar surface area (TPSA) is 38.3 Å². The summed E-state index contributed by atoms with van der Waals surface area (Å²) in [5, 5.41) is 3.63. The summed E-state index contributed by atoms with van der Waals surface area (Å²) in [4.78, 5) is 11.8. The van der Waals surface area contributed by atoms with E-state index >= 15 is 0 Å². The number of hydrogen-bond donors (Lipinski definition) is 1. The van der Waals surface area contributed by atoms with Crippen LogP contribution >= 0.6 is 11.6 Å². The summed E-state index contributed by atoms with van der Waals surface area (Å²) >= 11 is 5.74. The number of ketones is 1. The number of hydrogen-bond acceptors (Lipinski definition) is 3. The highest BCUT2D eigenvalue weighted by Crippen LogP contribution is 2.12. The first-order valence-electron chi connectivity index (χ1n) is 5.07. The van der Waals surface area contributed by atoms with E-state index in [0.29, 0.717) is 16.5 Å². The van der Waals surface area contributed by atoms with Gasteiger partial charge in [-0.2, -0.15) is 0 Å². The Hall–Kier alpha value is -1.48. The zero-order valence-electron chi connectivity index (χ0n) is 8.87. The molecule has 1 aromatic carbocycles. The first-order chi connectivity index (χ1) is 7.65. The van der Waals surface area contributed by atoms with Crippen molar-refractivity contribution in [1.82, 2.24) is 5.32 Å². The van der Waals surface area contributed by atoms with Crippen molar-refractivity contribution in [2.75, 3.05) is 6.54 Å². The molecule has 0 radical (unpaired) electrons. The van der Waals surface area contributed by atoms with Crippen LogP contribution in [0.5, 0.6) is 0 Å².